The van der Waals surface area contributed by atoms with Gasteiger partial charge in [0.1, 0.15) is 17.7 Å². The number of primary amides is 1. The first-order chi connectivity index (χ1) is 8.99. The van der Waals surface area contributed by atoms with E-state index in [1.54, 1.807) is 6.07 Å². The normalized spacial score (nSPS) is 11.7. The Balaban J connectivity index is 2.22. The van der Waals surface area contributed by atoms with Gasteiger partial charge in [0.15, 0.2) is 0 Å². The molecule has 0 saturated heterocycles. The number of hydrogen-bond donors (Lipinski definition) is 3. The van der Waals surface area contributed by atoms with Crippen LogP contribution in [-0.2, 0) is 9.59 Å². The average Bonchev–Trinajstić information content (AvgIpc) is 2.36. The molecule has 1 rings (SSSR count). The molecule has 2 amide bonds. The van der Waals surface area contributed by atoms with E-state index in [0.717, 1.165) is 0 Å². The van der Waals surface area contributed by atoms with Crippen LogP contribution in [-0.4, -0.2) is 36.2 Å². The first-order valence-electron chi connectivity index (χ1n) is 5.61. The van der Waals surface area contributed by atoms with Gasteiger partial charge in [0.05, 0.1) is 19.6 Å². The second-order valence-electron chi connectivity index (χ2n) is 3.78. The molecule has 19 heavy (non-hydrogen) atoms. The molecule has 1 aromatic carbocycles. The molecule has 104 valence electrons. The molecule has 0 aliphatic heterocycles. The summed E-state index contributed by atoms with van der Waals surface area (Å²) >= 11 is 0. The number of carbonyl (C=O) groups is 2. The molecule has 0 aromatic heterocycles. The van der Waals surface area contributed by atoms with Gasteiger partial charge in [-0.05, 0) is 12.1 Å². The molecule has 1 atom stereocenters. The Morgan fingerprint density at radius 1 is 1.47 bits per heavy atom. The minimum Gasteiger partial charge on any atom is -0.493 e. The highest BCUT2D eigenvalue weighted by Crippen LogP contribution is 2.11. The summed E-state index contributed by atoms with van der Waals surface area (Å²) in [4.78, 5) is 21.8. The third-order valence-corrected chi connectivity index (χ3v) is 2.21. The Hall–Kier alpha value is -2.15. The lowest BCUT2D eigenvalue weighted by molar-refractivity contribution is -0.127. The maximum Gasteiger partial charge on any atom is 0.248 e. The van der Waals surface area contributed by atoms with Crippen molar-refractivity contribution in [2.24, 2.45) is 5.73 Å². The highest BCUT2D eigenvalue weighted by Gasteiger charge is 2.11. The zero-order chi connectivity index (χ0) is 14.3. The van der Waals surface area contributed by atoms with Crippen molar-refractivity contribution < 1.29 is 23.8 Å². The molecule has 7 heteroatoms. The number of ether oxygens (including phenoxy) is 1. The van der Waals surface area contributed by atoms with E-state index >= 15 is 0 Å². The highest BCUT2D eigenvalue weighted by molar-refractivity contribution is 5.80. The van der Waals surface area contributed by atoms with Gasteiger partial charge in [0.25, 0.3) is 0 Å². The van der Waals surface area contributed by atoms with E-state index in [9.17, 15) is 14.0 Å². The summed E-state index contributed by atoms with van der Waals surface area (Å²) in [5.74, 6) is -1.41. The molecular weight excluding hydrogens is 255 g/mol. The number of halogens is 1. The topological polar surface area (TPSA) is 102 Å². The van der Waals surface area contributed by atoms with E-state index in [0.29, 0.717) is 5.75 Å². The molecule has 1 aromatic rings. The average molecular weight is 270 g/mol. The number of aliphatic hydroxyl groups is 1. The van der Waals surface area contributed by atoms with Gasteiger partial charge < -0.3 is 20.9 Å². The van der Waals surface area contributed by atoms with Gasteiger partial charge in [-0.15, -0.1) is 0 Å². The predicted octanol–water partition coefficient (Wildman–Crippen LogP) is -0.443. The summed E-state index contributed by atoms with van der Waals surface area (Å²) in [6, 6.07) is 5.55. The van der Waals surface area contributed by atoms with Crippen molar-refractivity contribution in [3.8, 4) is 5.75 Å². The van der Waals surface area contributed by atoms with Gasteiger partial charge in [-0.25, -0.2) is 4.39 Å². The number of hydrogen-bond acceptors (Lipinski definition) is 4. The fourth-order valence-electron chi connectivity index (χ4n) is 1.22. The van der Waals surface area contributed by atoms with Crippen LogP contribution in [0.25, 0.3) is 0 Å². The Morgan fingerprint density at radius 3 is 2.84 bits per heavy atom. The van der Waals surface area contributed by atoms with Crippen LogP contribution in [0, 0.1) is 5.82 Å². The number of carbonyl (C=O) groups excluding carboxylic acids is 2. The molecule has 0 heterocycles. The minimum absolute atomic E-state index is 0.0159. The summed E-state index contributed by atoms with van der Waals surface area (Å²) in [5, 5.41) is 11.4. The second-order valence-corrected chi connectivity index (χ2v) is 3.78. The number of nitrogens with two attached hydrogens (primary N) is 1. The van der Waals surface area contributed by atoms with E-state index in [-0.39, 0.29) is 19.6 Å². The van der Waals surface area contributed by atoms with E-state index in [1.165, 1.54) is 18.2 Å². The van der Waals surface area contributed by atoms with Crippen LogP contribution >= 0.6 is 0 Å². The van der Waals surface area contributed by atoms with Gasteiger partial charge >= 0.3 is 0 Å². The molecule has 0 aliphatic rings. The van der Waals surface area contributed by atoms with Crippen LogP contribution in [0.15, 0.2) is 24.3 Å². The Morgan fingerprint density at radius 2 is 2.21 bits per heavy atom. The lowest BCUT2D eigenvalue weighted by atomic mass is 10.3. The van der Waals surface area contributed by atoms with Crippen molar-refractivity contribution in [1.29, 1.82) is 0 Å². The highest BCUT2D eigenvalue weighted by atomic mass is 19.1. The van der Waals surface area contributed by atoms with Gasteiger partial charge in [-0.2, -0.15) is 0 Å². The molecule has 0 radical (unpaired) electrons. The standard InChI is InChI=1S/C12H15FN2O4/c13-8-2-1-3-9(6-8)19-5-4-11(17)15-7-10(16)12(14)18/h1-3,6,10,16H,4-5,7H2,(H2,14,18)(H,15,17). The van der Waals surface area contributed by atoms with Crippen LogP contribution in [0.1, 0.15) is 6.42 Å². The molecule has 0 bridgehead atoms. The van der Waals surface area contributed by atoms with Crippen molar-refractivity contribution in [2.45, 2.75) is 12.5 Å². The number of amides is 2. The van der Waals surface area contributed by atoms with E-state index in [1.807, 2.05) is 0 Å². The predicted molar refractivity (Wildman–Crippen MR) is 64.7 cm³/mol. The lowest BCUT2D eigenvalue weighted by Gasteiger charge is -2.09. The summed E-state index contributed by atoms with van der Waals surface area (Å²) < 4.78 is 18.0. The molecular formula is C12H15FN2O4. The fourth-order valence-corrected chi connectivity index (χ4v) is 1.22. The number of benzene rings is 1. The van der Waals surface area contributed by atoms with Crippen molar-refractivity contribution in [2.75, 3.05) is 13.2 Å². The molecule has 1 unspecified atom stereocenters. The fraction of sp³-hybridized carbons (Fsp3) is 0.333. The van der Waals surface area contributed by atoms with Crippen molar-refractivity contribution in [3.05, 3.63) is 30.1 Å². The van der Waals surface area contributed by atoms with Crippen LogP contribution in [0.3, 0.4) is 0 Å². The quantitative estimate of drug-likeness (QED) is 0.625. The summed E-state index contributed by atoms with van der Waals surface area (Å²) in [6.45, 7) is -0.184. The maximum atomic E-state index is 12.8. The number of nitrogens with one attached hydrogen (secondary N) is 1. The molecule has 0 fully saturated rings. The van der Waals surface area contributed by atoms with Crippen molar-refractivity contribution in [1.82, 2.24) is 5.32 Å². The van der Waals surface area contributed by atoms with Gasteiger partial charge in [0, 0.05) is 6.07 Å². The molecule has 0 saturated carbocycles. The third-order valence-electron chi connectivity index (χ3n) is 2.21. The van der Waals surface area contributed by atoms with Gasteiger partial charge in [0.2, 0.25) is 11.8 Å². The monoisotopic (exact) mass is 270 g/mol. The van der Waals surface area contributed by atoms with E-state index in [2.05, 4.69) is 5.32 Å². The lowest BCUT2D eigenvalue weighted by Crippen LogP contribution is -2.40. The summed E-state index contributed by atoms with van der Waals surface area (Å²) in [5.41, 5.74) is 4.81. The second kappa shape index (κ2) is 7.32. The number of rotatable bonds is 7. The first-order valence-corrected chi connectivity index (χ1v) is 5.61. The zero-order valence-corrected chi connectivity index (χ0v) is 10.1. The van der Waals surface area contributed by atoms with Crippen molar-refractivity contribution in [3.63, 3.8) is 0 Å². The van der Waals surface area contributed by atoms with Crippen molar-refractivity contribution >= 4 is 11.8 Å². The zero-order valence-electron chi connectivity index (χ0n) is 10.1. The molecule has 6 nitrogen and oxygen atoms in total. The van der Waals surface area contributed by atoms with E-state index in [4.69, 9.17) is 15.6 Å². The SMILES string of the molecule is NC(=O)C(O)CNC(=O)CCOc1cccc(F)c1. The van der Waals surface area contributed by atoms with Crippen LogP contribution in [0.2, 0.25) is 0 Å². The van der Waals surface area contributed by atoms with E-state index < -0.39 is 23.7 Å². The third kappa shape index (κ3) is 5.82. The largest absolute Gasteiger partial charge is 0.493 e. The minimum atomic E-state index is -1.41. The number of aliphatic hydroxyl groups excluding tert-OH is 1. The summed E-state index contributed by atoms with van der Waals surface area (Å²) in [7, 11) is 0. The van der Waals surface area contributed by atoms with Gasteiger partial charge in [-0.1, -0.05) is 6.07 Å². The smallest absolute Gasteiger partial charge is 0.248 e. The van der Waals surface area contributed by atoms with Gasteiger partial charge in [-0.3, -0.25) is 9.59 Å². The van der Waals surface area contributed by atoms with Crippen LogP contribution < -0.4 is 15.8 Å². The summed E-state index contributed by atoms with van der Waals surface area (Å²) in [6.07, 6.45) is -1.39. The molecule has 0 aliphatic carbocycles. The Kier molecular flexibility index (Phi) is 5.74. The van der Waals surface area contributed by atoms with Crippen LogP contribution in [0.4, 0.5) is 4.39 Å². The molecule has 0 spiro atoms. The molecule has 4 N–H and O–H groups in total. The first kappa shape index (κ1) is 14.9. The Bertz CT molecular complexity index is 453. The maximum absolute atomic E-state index is 12.8. The Labute approximate surface area is 109 Å². The van der Waals surface area contributed by atoms with Crippen LogP contribution in [0.5, 0.6) is 5.75 Å².